The van der Waals surface area contributed by atoms with Crippen LogP contribution in [-0.2, 0) is 0 Å². The van der Waals surface area contributed by atoms with Crippen molar-refractivity contribution in [1.82, 2.24) is 5.32 Å². The van der Waals surface area contributed by atoms with E-state index in [9.17, 15) is 0 Å². The highest BCUT2D eigenvalue weighted by Gasteiger charge is 2.27. The number of hydrogen-bond acceptors (Lipinski definition) is 4. The molecular weight excluding hydrogens is 589 g/mol. The lowest BCUT2D eigenvalue weighted by Gasteiger charge is -2.19. The SMILES string of the molecule is C=CC(/N=C1\N=C(C)c2ccccc21)=c1/cccc/c1=C(C)\N=C1/C(C)=C=C(/N=C2\NC(=C)c3c(N)ccc(C)c32)c2c(C)cccc21. The quantitative estimate of drug-likeness (QED) is 0.190. The second-order valence-corrected chi connectivity index (χ2v) is 12.2. The van der Waals surface area contributed by atoms with E-state index in [1.54, 1.807) is 6.08 Å². The predicted octanol–water partition coefficient (Wildman–Crippen LogP) is 6.99. The Kier molecular flexibility index (Phi) is 7.59. The van der Waals surface area contributed by atoms with E-state index in [1.807, 2.05) is 57.2 Å². The van der Waals surface area contributed by atoms with Crippen LogP contribution in [0.15, 0.2) is 129 Å². The molecule has 0 amide bonds. The number of fused-ring (bicyclic) bond motifs is 3. The zero-order valence-electron chi connectivity index (χ0n) is 27.9. The van der Waals surface area contributed by atoms with Crippen LogP contribution in [0.2, 0.25) is 0 Å². The lowest BCUT2D eigenvalue weighted by Crippen LogP contribution is -2.28. The fourth-order valence-corrected chi connectivity index (χ4v) is 6.66. The largest absolute Gasteiger partial charge is 0.398 e. The van der Waals surface area contributed by atoms with E-state index in [1.165, 1.54) is 0 Å². The van der Waals surface area contributed by atoms with Crippen LogP contribution < -0.4 is 21.5 Å². The van der Waals surface area contributed by atoms with E-state index in [4.69, 9.17) is 25.7 Å². The number of aryl methyl sites for hydroxylation is 2. The van der Waals surface area contributed by atoms with E-state index in [2.05, 4.69) is 80.5 Å². The molecule has 0 saturated carbocycles. The Morgan fingerprint density at radius 2 is 1.48 bits per heavy atom. The average Bonchev–Trinajstić information content (AvgIpc) is 3.59. The third-order valence-electron chi connectivity index (χ3n) is 9.03. The van der Waals surface area contributed by atoms with Crippen LogP contribution in [0.4, 0.5) is 5.69 Å². The van der Waals surface area contributed by atoms with Gasteiger partial charge in [-0.1, -0.05) is 91.7 Å². The molecule has 0 fully saturated rings. The standard InChI is InChI=1S/C42H36N6/c1-8-35(47-41-32-18-12-10-16-30(32)27(6)45-41)31-17-11-9-15-29(31)26(5)44-40-25(4)22-36(37-23(2)14-13-19-33(37)40)48-42-38-24(3)20-21-34(43)39(38)28(7)46-42/h8-21H,1,7,43H2,2-6H3,(H,46,48)/b29-26+,35-31+,44-40+,47-41-. The van der Waals surface area contributed by atoms with Crippen LogP contribution >= 0.6 is 0 Å². The summed E-state index contributed by atoms with van der Waals surface area (Å²) >= 11 is 0. The van der Waals surface area contributed by atoms with Crippen molar-refractivity contribution in [2.75, 3.05) is 5.73 Å². The van der Waals surface area contributed by atoms with Gasteiger partial charge in [0.1, 0.15) is 11.5 Å². The zero-order valence-corrected chi connectivity index (χ0v) is 27.9. The first-order valence-electron chi connectivity index (χ1n) is 15.9. The monoisotopic (exact) mass is 624 g/mol. The molecule has 3 N–H and O–H groups in total. The van der Waals surface area contributed by atoms with E-state index < -0.39 is 0 Å². The average molecular weight is 625 g/mol. The maximum Gasteiger partial charge on any atom is 0.160 e. The highest BCUT2D eigenvalue weighted by molar-refractivity contribution is 6.23. The Bertz CT molecular complexity index is 2440. The molecule has 2 aliphatic heterocycles. The Morgan fingerprint density at radius 3 is 2.25 bits per heavy atom. The molecular formula is C42H36N6. The summed E-state index contributed by atoms with van der Waals surface area (Å²) in [4.78, 5) is 20.2. The van der Waals surface area contributed by atoms with Crippen molar-refractivity contribution in [3.8, 4) is 0 Å². The summed E-state index contributed by atoms with van der Waals surface area (Å²) in [5.41, 5.74) is 24.6. The summed E-state index contributed by atoms with van der Waals surface area (Å²) in [6.07, 6.45) is 1.79. The Balaban J connectivity index is 1.42. The van der Waals surface area contributed by atoms with Gasteiger partial charge >= 0.3 is 0 Å². The van der Waals surface area contributed by atoms with Crippen molar-refractivity contribution in [3.63, 3.8) is 0 Å². The van der Waals surface area contributed by atoms with Gasteiger partial charge in [0.05, 0.1) is 11.4 Å². The molecule has 0 unspecified atom stereocenters. The summed E-state index contributed by atoms with van der Waals surface area (Å²) in [5.74, 6) is 1.41. The summed E-state index contributed by atoms with van der Waals surface area (Å²) < 4.78 is 0. The molecule has 7 rings (SSSR count). The van der Waals surface area contributed by atoms with Crippen molar-refractivity contribution >= 4 is 51.6 Å². The Labute approximate surface area is 280 Å². The van der Waals surface area contributed by atoms with Gasteiger partial charge in [0.2, 0.25) is 0 Å². The molecule has 0 spiro atoms. The first-order chi connectivity index (χ1) is 23.2. The van der Waals surface area contributed by atoms with Crippen molar-refractivity contribution in [3.05, 3.63) is 164 Å². The van der Waals surface area contributed by atoms with Crippen molar-refractivity contribution in [2.24, 2.45) is 20.0 Å². The highest BCUT2D eigenvalue weighted by atomic mass is 15.0. The fraction of sp³-hybridized carbons (Fsp3) is 0.119. The van der Waals surface area contributed by atoms with Gasteiger partial charge in [0, 0.05) is 72.2 Å². The second-order valence-electron chi connectivity index (χ2n) is 12.2. The van der Waals surface area contributed by atoms with Crippen molar-refractivity contribution in [2.45, 2.75) is 34.6 Å². The van der Waals surface area contributed by atoms with Crippen LogP contribution in [0.1, 0.15) is 65.3 Å². The van der Waals surface area contributed by atoms with Crippen LogP contribution in [0.3, 0.4) is 0 Å². The van der Waals surface area contributed by atoms with Crippen molar-refractivity contribution in [1.29, 1.82) is 0 Å². The summed E-state index contributed by atoms with van der Waals surface area (Å²) in [6, 6.07) is 26.5. The van der Waals surface area contributed by atoms with Crippen LogP contribution in [0, 0.1) is 13.8 Å². The Morgan fingerprint density at radius 1 is 0.792 bits per heavy atom. The van der Waals surface area contributed by atoms with Gasteiger partial charge in [-0.05, 0) is 57.9 Å². The lowest BCUT2D eigenvalue weighted by molar-refractivity contribution is 1.29. The molecule has 3 aliphatic rings. The number of allylic oxidation sites excluding steroid dienone is 1. The first kappa shape index (κ1) is 30.5. The Hall–Kier alpha value is -6.10. The molecule has 0 aromatic heterocycles. The number of nitrogen functional groups attached to an aromatic ring is 1. The number of anilines is 1. The topological polar surface area (TPSA) is 87.5 Å². The molecule has 0 bridgehead atoms. The number of nitrogens with one attached hydrogen (secondary N) is 1. The smallest absolute Gasteiger partial charge is 0.160 e. The molecule has 0 saturated heterocycles. The summed E-state index contributed by atoms with van der Waals surface area (Å²) in [5, 5.41) is 5.28. The molecule has 48 heavy (non-hydrogen) atoms. The van der Waals surface area contributed by atoms with Gasteiger partial charge < -0.3 is 11.1 Å². The molecule has 0 radical (unpaired) electrons. The number of benzene rings is 4. The minimum atomic E-state index is 0.680. The summed E-state index contributed by atoms with van der Waals surface area (Å²) in [6.45, 7) is 18.6. The van der Waals surface area contributed by atoms with Gasteiger partial charge in [-0.15, -0.1) is 0 Å². The number of rotatable bonds is 4. The molecule has 6 heteroatoms. The van der Waals surface area contributed by atoms with E-state index in [0.29, 0.717) is 11.5 Å². The zero-order chi connectivity index (χ0) is 33.7. The highest BCUT2D eigenvalue weighted by Crippen LogP contribution is 2.35. The van der Waals surface area contributed by atoms with Gasteiger partial charge in [-0.25, -0.2) is 15.0 Å². The van der Waals surface area contributed by atoms with Crippen LogP contribution in [0.25, 0.3) is 22.8 Å². The molecule has 234 valence electrons. The lowest BCUT2D eigenvalue weighted by atomic mass is 9.89. The third kappa shape index (κ3) is 5.09. The van der Waals surface area contributed by atoms with Gasteiger partial charge in [-0.3, -0.25) is 4.99 Å². The minimum Gasteiger partial charge on any atom is -0.398 e. The molecule has 6 nitrogen and oxygen atoms in total. The predicted molar refractivity (Wildman–Crippen MR) is 202 cm³/mol. The normalized spacial score (nSPS) is 18.5. The molecule has 4 aromatic carbocycles. The second kappa shape index (κ2) is 11.9. The van der Waals surface area contributed by atoms with Gasteiger partial charge in [0.25, 0.3) is 0 Å². The molecule has 4 aromatic rings. The van der Waals surface area contributed by atoms with E-state index >= 15 is 0 Å². The minimum absolute atomic E-state index is 0.680. The number of hydrogen-bond donors (Lipinski definition) is 2. The first-order valence-corrected chi connectivity index (χ1v) is 15.9. The summed E-state index contributed by atoms with van der Waals surface area (Å²) in [7, 11) is 0. The number of aliphatic imine (C=N–C) groups is 4. The van der Waals surface area contributed by atoms with Gasteiger partial charge in [-0.2, -0.15) is 0 Å². The molecule has 0 atom stereocenters. The van der Waals surface area contributed by atoms with E-state index in [0.717, 1.165) is 101 Å². The van der Waals surface area contributed by atoms with Crippen LogP contribution in [0.5, 0.6) is 0 Å². The number of nitrogens with two attached hydrogens (primary N) is 1. The fourth-order valence-electron chi connectivity index (χ4n) is 6.66. The number of nitrogens with zero attached hydrogens (tertiary/aromatic N) is 4. The van der Waals surface area contributed by atoms with Crippen molar-refractivity contribution < 1.29 is 0 Å². The third-order valence-corrected chi connectivity index (χ3v) is 9.03. The maximum absolute atomic E-state index is 6.35. The molecule has 2 heterocycles. The van der Waals surface area contributed by atoms with Crippen LogP contribution in [-0.4, -0.2) is 23.1 Å². The van der Waals surface area contributed by atoms with Gasteiger partial charge in [0.15, 0.2) is 5.84 Å². The molecule has 1 aliphatic carbocycles. The maximum atomic E-state index is 6.35. The van der Waals surface area contributed by atoms with E-state index in [-0.39, 0.29) is 0 Å². The number of amidine groups is 2.